The van der Waals surface area contributed by atoms with Gasteiger partial charge >= 0.3 is 12.5 Å². The molecular weight excluding hydrogens is 569 g/mol. The van der Waals surface area contributed by atoms with E-state index in [0.717, 1.165) is 0 Å². The molecule has 3 aromatic rings. The number of aromatic nitrogens is 4. The molecule has 41 heavy (non-hydrogen) atoms. The van der Waals surface area contributed by atoms with E-state index in [1.807, 2.05) is 0 Å². The van der Waals surface area contributed by atoms with Gasteiger partial charge in [-0.2, -0.15) is 0 Å². The predicted octanol–water partition coefficient (Wildman–Crippen LogP) is 5.32. The second-order valence-corrected chi connectivity index (χ2v) is 11.6. The van der Waals surface area contributed by atoms with Gasteiger partial charge < -0.3 is 14.5 Å². The van der Waals surface area contributed by atoms with Gasteiger partial charge in [0.05, 0.1) is 23.3 Å². The Morgan fingerprint density at radius 2 is 1.83 bits per heavy atom. The third-order valence-electron chi connectivity index (χ3n) is 6.77. The van der Waals surface area contributed by atoms with E-state index in [1.54, 1.807) is 39.0 Å². The number of nitrogens with zero attached hydrogens (tertiary/aromatic N) is 5. The molecule has 15 heteroatoms. The molecule has 1 saturated carbocycles. The molecule has 0 bridgehead atoms. The molecule has 0 radical (unpaired) electrons. The molecule has 1 aliphatic heterocycles. The number of alkyl halides is 3. The Hall–Kier alpha value is -3.52. The molecule has 2 atom stereocenters. The molecular formula is C26H28ClF3N6O5. The Kier molecular flexibility index (Phi) is 7.81. The lowest BCUT2D eigenvalue weighted by molar-refractivity contribution is -0.352. The molecule has 2 aliphatic rings. The number of benzene rings is 1. The van der Waals surface area contributed by atoms with Gasteiger partial charge in [0, 0.05) is 23.5 Å². The van der Waals surface area contributed by atoms with E-state index in [2.05, 4.69) is 30.2 Å². The number of fused-ring (bicyclic) bond motifs is 1. The SMILES string of the molecule is CC(C)(C)OC(=O)N1C[C@H](NC(=O)c2cnc3cc(Cl)ccc3n2)CC[C@H]1c1nnc(C2CC(OC(F)(F)F)C2)o1. The lowest BCUT2D eigenvalue weighted by atomic mass is 9.82. The third kappa shape index (κ3) is 7.04. The molecule has 2 amide bonds. The summed E-state index contributed by atoms with van der Waals surface area (Å²) in [6.07, 6.45) is -3.92. The van der Waals surface area contributed by atoms with Gasteiger partial charge in [-0.25, -0.2) is 9.78 Å². The van der Waals surface area contributed by atoms with Crippen molar-refractivity contribution in [3.63, 3.8) is 0 Å². The van der Waals surface area contributed by atoms with Crippen molar-refractivity contribution < 1.29 is 36.7 Å². The molecule has 0 spiro atoms. The first-order valence-electron chi connectivity index (χ1n) is 13.0. The zero-order valence-electron chi connectivity index (χ0n) is 22.4. The largest absolute Gasteiger partial charge is 0.522 e. The summed E-state index contributed by atoms with van der Waals surface area (Å²) in [4.78, 5) is 36.3. The normalized spacial score (nSPS) is 23.2. The van der Waals surface area contributed by atoms with Gasteiger partial charge in [-0.3, -0.25) is 19.4 Å². The fourth-order valence-electron chi connectivity index (χ4n) is 4.82. The number of hydrogen-bond acceptors (Lipinski definition) is 9. The summed E-state index contributed by atoms with van der Waals surface area (Å²) < 4.78 is 52.9. The van der Waals surface area contributed by atoms with E-state index in [4.69, 9.17) is 20.8 Å². The number of amides is 2. The highest BCUT2D eigenvalue weighted by atomic mass is 35.5. The van der Waals surface area contributed by atoms with Crippen molar-refractivity contribution in [2.75, 3.05) is 6.54 Å². The summed E-state index contributed by atoms with van der Waals surface area (Å²) in [5.41, 5.74) is 0.382. The van der Waals surface area contributed by atoms with Crippen molar-refractivity contribution >= 4 is 34.6 Å². The van der Waals surface area contributed by atoms with Gasteiger partial charge in [0.25, 0.3) is 5.91 Å². The smallest absolute Gasteiger partial charge is 0.444 e. The summed E-state index contributed by atoms with van der Waals surface area (Å²) in [7, 11) is 0. The predicted molar refractivity (Wildman–Crippen MR) is 138 cm³/mol. The minimum atomic E-state index is -4.70. The van der Waals surface area contributed by atoms with E-state index in [9.17, 15) is 22.8 Å². The summed E-state index contributed by atoms with van der Waals surface area (Å²) in [5.74, 6) is -0.483. The second-order valence-electron chi connectivity index (χ2n) is 11.1. The number of nitrogens with one attached hydrogen (secondary N) is 1. The maximum Gasteiger partial charge on any atom is 0.522 e. The zero-order chi connectivity index (χ0) is 29.5. The fraction of sp³-hybridized carbons (Fsp3) is 0.538. The van der Waals surface area contributed by atoms with Crippen LogP contribution in [-0.4, -0.2) is 67.7 Å². The number of hydrogen-bond donors (Lipinski definition) is 1. The lowest BCUT2D eigenvalue weighted by Gasteiger charge is -2.38. The Balaban J connectivity index is 1.28. The lowest BCUT2D eigenvalue weighted by Crippen LogP contribution is -2.52. The van der Waals surface area contributed by atoms with Crippen LogP contribution in [0.5, 0.6) is 0 Å². The molecule has 1 N–H and O–H groups in total. The quantitative estimate of drug-likeness (QED) is 0.415. The van der Waals surface area contributed by atoms with Crippen LogP contribution in [-0.2, 0) is 9.47 Å². The highest BCUT2D eigenvalue weighted by Gasteiger charge is 2.44. The van der Waals surface area contributed by atoms with Crippen LogP contribution in [0.15, 0.2) is 28.8 Å². The molecule has 1 aliphatic carbocycles. The van der Waals surface area contributed by atoms with Gasteiger partial charge in [0.15, 0.2) is 0 Å². The number of carbonyl (C=O) groups excluding carboxylic acids is 2. The third-order valence-corrected chi connectivity index (χ3v) is 7.00. The minimum Gasteiger partial charge on any atom is -0.444 e. The molecule has 3 heterocycles. The van der Waals surface area contributed by atoms with Crippen LogP contribution in [0.2, 0.25) is 5.02 Å². The standard InChI is InChI=1S/C26H28ClF3N6O5/c1-25(2,3)41-24(38)36-12-15(32-21(37)19-11-31-18-10-14(27)4-6-17(18)33-19)5-7-20(36)23-35-34-22(39-23)13-8-16(9-13)40-26(28,29)30/h4,6,10-11,13,15-16,20H,5,7-9,12H2,1-3H3,(H,32,37)/t13?,15-,16?,20+/m1/s1. The van der Waals surface area contributed by atoms with Gasteiger partial charge in [-0.05, 0) is 64.7 Å². The van der Waals surface area contributed by atoms with Crippen molar-refractivity contribution in [1.82, 2.24) is 30.4 Å². The Labute approximate surface area is 237 Å². The average molecular weight is 597 g/mol. The number of ether oxygens (including phenoxy) is 2. The number of likely N-dealkylation sites (tertiary alicyclic amines) is 1. The Morgan fingerprint density at radius 3 is 2.54 bits per heavy atom. The van der Waals surface area contributed by atoms with E-state index in [0.29, 0.717) is 28.9 Å². The van der Waals surface area contributed by atoms with Gasteiger partial charge in [0.2, 0.25) is 11.8 Å². The van der Waals surface area contributed by atoms with Crippen LogP contribution in [0.1, 0.15) is 80.7 Å². The maximum atomic E-state index is 13.2. The molecule has 11 nitrogen and oxygen atoms in total. The molecule has 0 unspecified atom stereocenters. The molecule has 2 fully saturated rings. The molecule has 1 saturated heterocycles. The van der Waals surface area contributed by atoms with Crippen molar-refractivity contribution in [2.45, 2.75) is 82.5 Å². The molecule has 5 rings (SSSR count). The zero-order valence-corrected chi connectivity index (χ0v) is 23.2. The van der Waals surface area contributed by atoms with Crippen LogP contribution in [0.4, 0.5) is 18.0 Å². The van der Waals surface area contributed by atoms with E-state index in [1.165, 1.54) is 11.1 Å². The molecule has 2 aromatic heterocycles. The monoisotopic (exact) mass is 596 g/mol. The summed E-state index contributed by atoms with van der Waals surface area (Å²) in [5, 5.41) is 11.5. The average Bonchev–Trinajstić information content (AvgIpc) is 3.33. The first-order valence-corrected chi connectivity index (χ1v) is 13.4. The van der Waals surface area contributed by atoms with Gasteiger partial charge in [-0.15, -0.1) is 23.4 Å². The fourth-order valence-corrected chi connectivity index (χ4v) is 4.99. The highest BCUT2D eigenvalue weighted by Crippen LogP contribution is 2.42. The number of carbonyl (C=O) groups is 2. The number of rotatable bonds is 5. The molecule has 220 valence electrons. The van der Waals surface area contributed by atoms with Crippen molar-refractivity contribution in [1.29, 1.82) is 0 Å². The Bertz CT molecular complexity index is 1440. The second kappa shape index (κ2) is 11.0. The minimum absolute atomic E-state index is 0.0879. The number of piperidine rings is 1. The van der Waals surface area contributed by atoms with Crippen molar-refractivity contribution in [3.05, 3.63) is 46.9 Å². The van der Waals surface area contributed by atoms with Crippen LogP contribution in [0.3, 0.4) is 0 Å². The summed E-state index contributed by atoms with van der Waals surface area (Å²) in [6, 6.07) is 3.88. The van der Waals surface area contributed by atoms with E-state index >= 15 is 0 Å². The maximum absolute atomic E-state index is 13.2. The van der Waals surface area contributed by atoms with Gasteiger partial charge in [-0.1, -0.05) is 11.6 Å². The van der Waals surface area contributed by atoms with Crippen LogP contribution in [0.25, 0.3) is 11.0 Å². The highest BCUT2D eigenvalue weighted by molar-refractivity contribution is 6.31. The van der Waals surface area contributed by atoms with Crippen LogP contribution in [0, 0.1) is 0 Å². The van der Waals surface area contributed by atoms with Crippen LogP contribution >= 0.6 is 11.6 Å². The topological polar surface area (TPSA) is 133 Å². The first kappa shape index (κ1) is 29.0. The summed E-state index contributed by atoms with van der Waals surface area (Å²) in [6.45, 7) is 5.28. The summed E-state index contributed by atoms with van der Waals surface area (Å²) >= 11 is 5.99. The number of halogens is 4. The van der Waals surface area contributed by atoms with Crippen molar-refractivity contribution in [2.24, 2.45) is 0 Å². The van der Waals surface area contributed by atoms with E-state index in [-0.39, 0.29) is 42.8 Å². The molecule has 1 aromatic carbocycles. The first-order chi connectivity index (χ1) is 19.2. The van der Waals surface area contributed by atoms with Crippen LogP contribution < -0.4 is 5.32 Å². The Morgan fingerprint density at radius 1 is 1.10 bits per heavy atom. The van der Waals surface area contributed by atoms with Crippen molar-refractivity contribution in [3.8, 4) is 0 Å². The van der Waals surface area contributed by atoms with Gasteiger partial charge in [0.1, 0.15) is 17.3 Å². The van der Waals surface area contributed by atoms with E-state index < -0.39 is 42.2 Å².